The molecule has 39 heavy (non-hydrogen) atoms. The Morgan fingerprint density at radius 3 is 2.44 bits per heavy atom. The van der Waals surface area contributed by atoms with Gasteiger partial charge in [0.1, 0.15) is 5.75 Å². The topological polar surface area (TPSA) is 125 Å². The highest BCUT2D eigenvalue weighted by molar-refractivity contribution is 6.28. The molecule has 2 aliphatic heterocycles. The van der Waals surface area contributed by atoms with Crippen molar-refractivity contribution in [2.24, 2.45) is 0 Å². The highest BCUT2D eigenvalue weighted by Gasteiger charge is 2.71. The van der Waals surface area contributed by atoms with Gasteiger partial charge in [-0.2, -0.15) is 26.3 Å². The van der Waals surface area contributed by atoms with E-state index in [1.807, 2.05) is 0 Å². The normalized spacial score (nSPS) is 22.7. The van der Waals surface area contributed by atoms with E-state index in [1.165, 1.54) is 0 Å². The van der Waals surface area contributed by atoms with Crippen LogP contribution >= 0.6 is 0 Å². The molecule has 208 valence electrons. The second-order valence-corrected chi connectivity index (χ2v) is 8.66. The van der Waals surface area contributed by atoms with Crippen LogP contribution < -0.4 is 10.2 Å². The van der Waals surface area contributed by atoms with Gasteiger partial charge in [-0.25, -0.2) is 19.6 Å². The van der Waals surface area contributed by atoms with Crippen LogP contribution in [0.3, 0.4) is 0 Å². The first-order valence-corrected chi connectivity index (χ1v) is 11.2. The maximum atomic E-state index is 14.1. The SMILES string of the molecule is CC1(C(F)(F)F)C(=O)N(c2cnc(C3COCCN3)cn2)C(=O)N1C(=O)/C=C/c1ccc(C(F)(F)F)c(O)c1. The molecule has 2 aromatic rings. The Morgan fingerprint density at radius 2 is 1.90 bits per heavy atom. The van der Waals surface area contributed by atoms with Crippen molar-refractivity contribution in [3.05, 3.63) is 53.5 Å². The number of phenols is 1. The number of hydrogen-bond acceptors (Lipinski definition) is 8. The molecule has 3 heterocycles. The summed E-state index contributed by atoms with van der Waals surface area (Å²) in [6.07, 6.45) is -6.98. The Hall–Kier alpha value is -4.05. The standard InChI is InChI=1S/C23H19F6N5O5/c1-21(23(27,28)29)19(37)33(17-10-31-14(9-32-17)15-11-39-7-6-30-15)20(38)34(21)18(36)5-3-12-2-4-13(16(35)8-12)22(24,25)26/h2-5,8-10,15,30,35H,6-7,11H2,1H3/b5-3+. The van der Waals surface area contributed by atoms with Crippen LogP contribution in [0.1, 0.15) is 29.8 Å². The molecule has 2 aliphatic rings. The van der Waals surface area contributed by atoms with Gasteiger partial charge in [0.2, 0.25) is 5.54 Å². The second-order valence-electron chi connectivity index (χ2n) is 8.66. The predicted molar refractivity (Wildman–Crippen MR) is 120 cm³/mol. The molecule has 1 aromatic heterocycles. The van der Waals surface area contributed by atoms with E-state index in [4.69, 9.17) is 4.74 Å². The van der Waals surface area contributed by atoms with Crippen molar-refractivity contribution in [1.29, 1.82) is 0 Å². The third-order valence-corrected chi connectivity index (χ3v) is 6.13. The van der Waals surface area contributed by atoms with Gasteiger partial charge in [0.05, 0.1) is 42.9 Å². The minimum atomic E-state index is -5.42. The first-order valence-electron chi connectivity index (χ1n) is 11.2. The fraction of sp³-hybridized carbons (Fsp3) is 0.348. The van der Waals surface area contributed by atoms with Crippen LogP contribution in [0.5, 0.6) is 5.75 Å². The van der Waals surface area contributed by atoms with E-state index in [9.17, 15) is 45.8 Å². The lowest BCUT2D eigenvalue weighted by atomic mass is 9.99. The maximum Gasteiger partial charge on any atom is 0.421 e. The number of urea groups is 1. The zero-order valence-electron chi connectivity index (χ0n) is 19.9. The van der Waals surface area contributed by atoms with Crippen LogP contribution in [0.25, 0.3) is 6.08 Å². The van der Waals surface area contributed by atoms with Gasteiger partial charge in [0.25, 0.3) is 11.8 Å². The fourth-order valence-corrected chi connectivity index (χ4v) is 3.97. The number of rotatable bonds is 4. The van der Waals surface area contributed by atoms with E-state index < -0.39 is 52.9 Å². The molecule has 16 heteroatoms. The van der Waals surface area contributed by atoms with Crippen molar-refractivity contribution in [3.63, 3.8) is 0 Å². The van der Waals surface area contributed by atoms with Gasteiger partial charge in [-0.05, 0) is 30.7 Å². The molecule has 4 amide bonds. The fourth-order valence-electron chi connectivity index (χ4n) is 3.97. The largest absolute Gasteiger partial charge is 0.507 e. The molecule has 0 saturated carbocycles. The Bertz CT molecular complexity index is 1320. The summed E-state index contributed by atoms with van der Waals surface area (Å²) in [6, 6.07) is -0.0584. The molecule has 2 fully saturated rings. The number of imide groups is 2. The Kier molecular flexibility index (Phi) is 7.12. The van der Waals surface area contributed by atoms with Gasteiger partial charge < -0.3 is 15.2 Å². The van der Waals surface area contributed by atoms with Crippen LogP contribution in [-0.2, 0) is 20.5 Å². The summed E-state index contributed by atoms with van der Waals surface area (Å²) in [6.45, 7) is 1.56. The lowest BCUT2D eigenvalue weighted by molar-refractivity contribution is -0.209. The molecule has 0 spiro atoms. The van der Waals surface area contributed by atoms with Crippen molar-refractivity contribution in [3.8, 4) is 5.75 Å². The van der Waals surface area contributed by atoms with E-state index in [2.05, 4.69) is 15.3 Å². The van der Waals surface area contributed by atoms with Crippen LogP contribution in [0.4, 0.5) is 37.0 Å². The van der Waals surface area contributed by atoms with Gasteiger partial charge in [0, 0.05) is 12.6 Å². The molecule has 2 N–H and O–H groups in total. The number of benzene rings is 1. The smallest absolute Gasteiger partial charge is 0.421 e. The molecule has 0 radical (unpaired) electrons. The summed E-state index contributed by atoms with van der Waals surface area (Å²) in [7, 11) is 0. The Labute approximate surface area is 215 Å². The molecule has 2 atom stereocenters. The number of alkyl halides is 6. The number of aromatic hydroxyl groups is 1. The van der Waals surface area contributed by atoms with E-state index in [0.29, 0.717) is 44.0 Å². The van der Waals surface area contributed by atoms with Crippen LogP contribution in [-0.4, -0.2) is 69.3 Å². The highest BCUT2D eigenvalue weighted by Crippen LogP contribution is 2.43. The zero-order chi connectivity index (χ0) is 28.8. The minimum Gasteiger partial charge on any atom is -0.507 e. The number of anilines is 1. The molecule has 2 unspecified atom stereocenters. The van der Waals surface area contributed by atoms with Gasteiger partial charge in [-0.1, -0.05) is 6.07 Å². The maximum absolute atomic E-state index is 14.1. The molecular formula is C23H19F6N5O5. The third-order valence-electron chi connectivity index (χ3n) is 6.13. The molecule has 0 bridgehead atoms. The lowest BCUT2D eigenvalue weighted by Gasteiger charge is -2.31. The van der Waals surface area contributed by atoms with Crippen LogP contribution in [0.15, 0.2) is 36.7 Å². The summed E-state index contributed by atoms with van der Waals surface area (Å²) in [5, 5.41) is 12.7. The number of nitrogens with one attached hydrogen (secondary N) is 1. The number of carbonyl (C=O) groups is 3. The number of halogens is 6. The molecular weight excluding hydrogens is 540 g/mol. The first-order chi connectivity index (χ1) is 18.2. The molecule has 10 nitrogen and oxygen atoms in total. The van der Waals surface area contributed by atoms with Crippen molar-refractivity contribution in [2.75, 3.05) is 24.7 Å². The van der Waals surface area contributed by atoms with Crippen LogP contribution in [0, 0.1) is 0 Å². The summed E-state index contributed by atoms with van der Waals surface area (Å²) in [5.41, 5.74) is -4.86. The van der Waals surface area contributed by atoms with Crippen LogP contribution in [0.2, 0.25) is 0 Å². The summed E-state index contributed by atoms with van der Waals surface area (Å²) in [4.78, 5) is 46.5. The van der Waals surface area contributed by atoms with Gasteiger partial charge in [-0.15, -0.1) is 0 Å². The lowest BCUT2D eigenvalue weighted by Crippen LogP contribution is -2.59. The average Bonchev–Trinajstić information content (AvgIpc) is 3.08. The van der Waals surface area contributed by atoms with Crippen molar-refractivity contribution in [1.82, 2.24) is 20.2 Å². The molecule has 4 rings (SSSR count). The van der Waals surface area contributed by atoms with Gasteiger partial charge in [0.15, 0.2) is 5.82 Å². The molecule has 2 saturated heterocycles. The third kappa shape index (κ3) is 5.04. The minimum absolute atomic E-state index is 0.0742. The highest BCUT2D eigenvalue weighted by atomic mass is 19.4. The summed E-state index contributed by atoms with van der Waals surface area (Å²) in [5.74, 6) is -5.15. The van der Waals surface area contributed by atoms with E-state index >= 15 is 0 Å². The van der Waals surface area contributed by atoms with Crippen molar-refractivity contribution in [2.45, 2.75) is 30.9 Å². The summed E-state index contributed by atoms with van der Waals surface area (Å²) < 4.78 is 86.2. The first kappa shape index (κ1) is 28.0. The Morgan fingerprint density at radius 1 is 1.18 bits per heavy atom. The van der Waals surface area contributed by atoms with E-state index in [-0.39, 0.29) is 28.0 Å². The van der Waals surface area contributed by atoms with Crippen molar-refractivity contribution >= 4 is 29.7 Å². The van der Waals surface area contributed by atoms with Gasteiger partial charge >= 0.3 is 18.4 Å². The number of phenolic OH excluding ortho intramolecular Hbond substituents is 1. The quantitative estimate of drug-likeness (QED) is 0.333. The Balaban J connectivity index is 1.64. The predicted octanol–water partition coefficient (Wildman–Crippen LogP) is 3.19. The van der Waals surface area contributed by atoms with Crippen molar-refractivity contribution < 1.29 is 50.6 Å². The number of amides is 4. The number of hydrogen-bond donors (Lipinski definition) is 2. The number of morpholine rings is 1. The van der Waals surface area contributed by atoms with E-state index in [0.717, 1.165) is 24.5 Å². The number of ether oxygens (including phenoxy) is 1. The second kappa shape index (κ2) is 9.92. The monoisotopic (exact) mass is 559 g/mol. The number of carbonyl (C=O) groups excluding carboxylic acids is 3. The number of aromatic nitrogens is 2. The summed E-state index contributed by atoms with van der Waals surface area (Å²) >= 11 is 0. The zero-order valence-corrected chi connectivity index (χ0v) is 19.9. The average molecular weight is 559 g/mol. The van der Waals surface area contributed by atoms with E-state index in [1.54, 1.807) is 0 Å². The van der Waals surface area contributed by atoms with Gasteiger partial charge in [-0.3, -0.25) is 14.6 Å². The molecule has 1 aromatic carbocycles. The molecule has 0 aliphatic carbocycles. The number of nitrogens with zero attached hydrogens (tertiary/aromatic N) is 4.